The van der Waals surface area contributed by atoms with E-state index >= 15 is 0 Å². The Balaban J connectivity index is 2.00. The summed E-state index contributed by atoms with van der Waals surface area (Å²) in [5.41, 5.74) is 7.29. The quantitative estimate of drug-likeness (QED) is 0.864. The van der Waals surface area contributed by atoms with E-state index in [1.165, 1.54) is 18.9 Å². The number of hydrogen-bond acceptors (Lipinski definition) is 1. The molecule has 1 saturated carbocycles. The van der Waals surface area contributed by atoms with Crippen molar-refractivity contribution in [3.63, 3.8) is 0 Å². The highest BCUT2D eigenvalue weighted by atomic mass is 35.5. The fraction of sp³-hybridized carbons (Fsp3) is 0.625. The molecule has 0 saturated heterocycles. The highest BCUT2D eigenvalue weighted by molar-refractivity contribution is 6.31. The maximum Gasteiger partial charge on any atom is 0.127 e. The van der Waals surface area contributed by atoms with Crippen LogP contribution in [0.5, 0.6) is 0 Å². The number of halogens is 2. The standard InChI is InChI=1S/C16H23ClFN/c1-16(2)8-6-11(7-9-16)15(19)10-12-13(17)4-3-5-14(12)18/h3-5,11,15H,6-10,19H2,1-2H3. The van der Waals surface area contributed by atoms with Gasteiger partial charge >= 0.3 is 0 Å². The molecule has 106 valence electrons. The number of nitrogens with two attached hydrogens (primary N) is 1. The van der Waals surface area contributed by atoms with E-state index in [1.54, 1.807) is 12.1 Å². The lowest BCUT2D eigenvalue weighted by molar-refractivity contribution is 0.172. The van der Waals surface area contributed by atoms with Crippen LogP contribution in [0.1, 0.15) is 45.1 Å². The molecule has 1 aliphatic rings. The smallest absolute Gasteiger partial charge is 0.127 e. The van der Waals surface area contributed by atoms with E-state index in [2.05, 4.69) is 13.8 Å². The van der Waals surface area contributed by atoms with Crippen LogP contribution in [0.25, 0.3) is 0 Å². The minimum atomic E-state index is -0.237. The number of hydrogen-bond donors (Lipinski definition) is 1. The van der Waals surface area contributed by atoms with E-state index in [4.69, 9.17) is 17.3 Å². The van der Waals surface area contributed by atoms with Gasteiger partial charge in [-0.1, -0.05) is 31.5 Å². The maximum atomic E-state index is 13.8. The average molecular weight is 284 g/mol. The van der Waals surface area contributed by atoms with Gasteiger partial charge in [-0.25, -0.2) is 4.39 Å². The maximum absolute atomic E-state index is 13.8. The zero-order valence-electron chi connectivity index (χ0n) is 11.8. The van der Waals surface area contributed by atoms with E-state index in [0.717, 1.165) is 12.8 Å². The van der Waals surface area contributed by atoms with Crippen molar-refractivity contribution in [2.45, 2.75) is 52.0 Å². The number of benzene rings is 1. The molecule has 3 heteroatoms. The Morgan fingerprint density at radius 3 is 2.58 bits per heavy atom. The van der Waals surface area contributed by atoms with Gasteiger partial charge in [-0.05, 0) is 55.6 Å². The fourth-order valence-electron chi connectivity index (χ4n) is 2.98. The van der Waals surface area contributed by atoms with Crippen molar-refractivity contribution in [1.29, 1.82) is 0 Å². The zero-order valence-corrected chi connectivity index (χ0v) is 12.5. The normalized spacial score (nSPS) is 21.3. The predicted octanol–water partition coefficient (Wildman–Crippen LogP) is 4.57. The first-order valence-electron chi connectivity index (χ1n) is 7.07. The first kappa shape index (κ1) is 14.8. The first-order valence-corrected chi connectivity index (χ1v) is 7.45. The van der Waals surface area contributed by atoms with Gasteiger partial charge in [0.1, 0.15) is 5.82 Å². The van der Waals surface area contributed by atoms with Crippen molar-refractivity contribution in [2.24, 2.45) is 17.1 Å². The van der Waals surface area contributed by atoms with E-state index in [0.29, 0.717) is 28.3 Å². The van der Waals surface area contributed by atoms with Crippen LogP contribution in [0.3, 0.4) is 0 Å². The Hall–Kier alpha value is -0.600. The summed E-state index contributed by atoms with van der Waals surface area (Å²) >= 11 is 6.06. The van der Waals surface area contributed by atoms with Gasteiger partial charge in [0.05, 0.1) is 0 Å². The molecule has 1 aromatic rings. The molecule has 1 aromatic carbocycles. The lowest BCUT2D eigenvalue weighted by Gasteiger charge is -2.37. The van der Waals surface area contributed by atoms with Gasteiger partial charge in [0.2, 0.25) is 0 Å². The van der Waals surface area contributed by atoms with Crippen LogP contribution in [0.4, 0.5) is 4.39 Å². The molecule has 1 fully saturated rings. The van der Waals surface area contributed by atoms with E-state index in [-0.39, 0.29) is 11.9 Å². The summed E-state index contributed by atoms with van der Waals surface area (Å²) in [6.07, 6.45) is 5.23. The summed E-state index contributed by atoms with van der Waals surface area (Å²) in [5, 5.41) is 0.492. The summed E-state index contributed by atoms with van der Waals surface area (Å²) in [6.45, 7) is 4.62. The SMILES string of the molecule is CC1(C)CCC(C(N)Cc2c(F)cccc2Cl)CC1. The van der Waals surface area contributed by atoms with Crippen molar-refractivity contribution < 1.29 is 4.39 Å². The molecule has 0 spiro atoms. The van der Waals surface area contributed by atoms with Gasteiger partial charge in [0.15, 0.2) is 0 Å². The summed E-state index contributed by atoms with van der Waals surface area (Å²) in [5.74, 6) is 0.253. The second-order valence-electron chi connectivity index (χ2n) is 6.57. The van der Waals surface area contributed by atoms with Gasteiger partial charge < -0.3 is 5.73 Å². The van der Waals surface area contributed by atoms with E-state index < -0.39 is 0 Å². The van der Waals surface area contributed by atoms with Crippen LogP contribution in [-0.4, -0.2) is 6.04 Å². The van der Waals surface area contributed by atoms with Crippen LogP contribution in [0.2, 0.25) is 5.02 Å². The Bertz CT molecular complexity index is 414. The molecule has 0 aliphatic heterocycles. The van der Waals surface area contributed by atoms with Crippen molar-refractivity contribution in [2.75, 3.05) is 0 Å². The Morgan fingerprint density at radius 2 is 2.00 bits per heavy atom. The minimum absolute atomic E-state index is 0.00509. The van der Waals surface area contributed by atoms with Crippen LogP contribution < -0.4 is 5.73 Å². The molecule has 1 atom stereocenters. The van der Waals surface area contributed by atoms with Gasteiger partial charge in [0, 0.05) is 16.6 Å². The third-order valence-corrected chi connectivity index (χ3v) is 4.84. The Labute approximate surface area is 120 Å². The highest BCUT2D eigenvalue weighted by Crippen LogP contribution is 2.39. The minimum Gasteiger partial charge on any atom is -0.327 e. The summed E-state index contributed by atoms with van der Waals surface area (Å²) < 4.78 is 13.8. The van der Waals surface area contributed by atoms with Crippen LogP contribution in [0.15, 0.2) is 18.2 Å². The molecule has 2 N–H and O–H groups in total. The molecule has 1 aliphatic carbocycles. The third kappa shape index (κ3) is 3.70. The van der Waals surface area contributed by atoms with E-state index in [9.17, 15) is 4.39 Å². The second-order valence-corrected chi connectivity index (χ2v) is 6.98. The van der Waals surface area contributed by atoms with Crippen molar-refractivity contribution in [3.8, 4) is 0 Å². The monoisotopic (exact) mass is 283 g/mol. The van der Waals surface area contributed by atoms with Gasteiger partial charge in [0.25, 0.3) is 0 Å². The lowest BCUT2D eigenvalue weighted by Crippen LogP contribution is -2.36. The molecule has 19 heavy (non-hydrogen) atoms. The van der Waals surface area contributed by atoms with Gasteiger partial charge in [-0.3, -0.25) is 0 Å². The topological polar surface area (TPSA) is 26.0 Å². The zero-order chi connectivity index (χ0) is 14.0. The van der Waals surface area contributed by atoms with Crippen molar-refractivity contribution in [1.82, 2.24) is 0 Å². The average Bonchev–Trinajstić information content (AvgIpc) is 2.33. The van der Waals surface area contributed by atoms with Crippen LogP contribution in [0, 0.1) is 17.2 Å². The fourth-order valence-corrected chi connectivity index (χ4v) is 3.22. The Morgan fingerprint density at radius 1 is 1.37 bits per heavy atom. The molecule has 0 radical (unpaired) electrons. The lowest BCUT2D eigenvalue weighted by atomic mass is 9.70. The summed E-state index contributed by atoms with van der Waals surface area (Å²) in [7, 11) is 0. The summed E-state index contributed by atoms with van der Waals surface area (Å²) in [4.78, 5) is 0. The van der Waals surface area contributed by atoms with E-state index in [1.807, 2.05) is 0 Å². The third-order valence-electron chi connectivity index (χ3n) is 4.49. The first-order chi connectivity index (χ1) is 8.89. The molecule has 1 nitrogen and oxygen atoms in total. The molecule has 1 unspecified atom stereocenters. The summed E-state index contributed by atoms with van der Waals surface area (Å²) in [6, 6.07) is 4.83. The molecule has 0 heterocycles. The highest BCUT2D eigenvalue weighted by Gasteiger charge is 2.30. The number of rotatable bonds is 3. The van der Waals surface area contributed by atoms with Crippen LogP contribution >= 0.6 is 11.6 Å². The Kier molecular flexibility index (Phi) is 4.52. The van der Waals surface area contributed by atoms with Gasteiger partial charge in [-0.2, -0.15) is 0 Å². The predicted molar refractivity (Wildman–Crippen MR) is 78.8 cm³/mol. The van der Waals surface area contributed by atoms with Crippen molar-refractivity contribution in [3.05, 3.63) is 34.6 Å². The molecular weight excluding hydrogens is 261 g/mol. The molecule has 0 aromatic heterocycles. The second kappa shape index (κ2) is 5.80. The van der Waals surface area contributed by atoms with Crippen LogP contribution in [-0.2, 0) is 6.42 Å². The molecule has 2 rings (SSSR count). The largest absolute Gasteiger partial charge is 0.327 e. The van der Waals surface area contributed by atoms with Crippen molar-refractivity contribution >= 4 is 11.6 Å². The molecule has 0 amide bonds. The molecular formula is C16H23ClFN. The van der Waals surface area contributed by atoms with Gasteiger partial charge in [-0.15, -0.1) is 0 Å². The molecule has 0 bridgehead atoms.